The van der Waals surface area contributed by atoms with Gasteiger partial charge in [-0.3, -0.25) is 14.4 Å². The number of fused-ring (bicyclic) bond motifs is 1. The summed E-state index contributed by atoms with van der Waals surface area (Å²) < 4.78 is 5.66. The van der Waals surface area contributed by atoms with Crippen molar-refractivity contribution in [3.8, 4) is 5.75 Å². The van der Waals surface area contributed by atoms with Gasteiger partial charge in [-0.25, -0.2) is 0 Å². The normalized spacial score (nSPS) is 17.3. The fourth-order valence-corrected chi connectivity index (χ4v) is 3.79. The molecule has 4 rings (SSSR count). The number of rotatable bonds is 8. The van der Waals surface area contributed by atoms with Crippen molar-refractivity contribution in [2.45, 2.75) is 31.8 Å². The minimum atomic E-state index is -0.667. The van der Waals surface area contributed by atoms with Gasteiger partial charge in [0, 0.05) is 18.7 Å². The van der Waals surface area contributed by atoms with Gasteiger partial charge in [-0.15, -0.1) is 0 Å². The van der Waals surface area contributed by atoms with Crippen molar-refractivity contribution >= 4 is 17.7 Å². The van der Waals surface area contributed by atoms with Crippen molar-refractivity contribution in [3.63, 3.8) is 0 Å². The van der Waals surface area contributed by atoms with Gasteiger partial charge in [0.2, 0.25) is 11.8 Å². The maximum Gasteiger partial charge on any atom is 0.255 e. The van der Waals surface area contributed by atoms with E-state index in [-0.39, 0.29) is 30.3 Å². The molecule has 1 aliphatic heterocycles. The lowest BCUT2D eigenvalue weighted by atomic mass is 10.0. The average Bonchev–Trinajstić information content (AvgIpc) is 3.57. The molecule has 0 saturated heterocycles. The highest BCUT2D eigenvalue weighted by Gasteiger charge is 2.47. The first-order valence-corrected chi connectivity index (χ1v) is 10.6. The number of carbonyl (C=O) groups is 3. The molecule has 3 amide bonds. The Bertz CT molecular complexity index is 985. The number of carbonyl (C=O) groups excluding carboxylic acids is 3. The quantitative estimate of drug-likeness (QED) is 0.710. The number of benzene rings is 2. The van der Waals surface area contributed by atoms with Crippen LogP contribution >= 0.6 is 0 Å². The number of nitrogens with one attached hydrogen (secondary N) is 1. The Morgan fingerprint density at radius 2 is 1.84 bits per heavy atom. The summed E-state index contributed by atoms with van der Waals surface area (Å²) in [5.41, 5.74) is 2.44. The summed E-state index contributed by atoms with van der Waals surface area (Å²) in [6.07, 6.45) is 1.82. The largest absolute Gasteiger partial charge is 0.492 e. The van der Waals surface area contributed by atoms with Crippen LogP contribution in [0.4, 0.5) is 0 Å². The van der Waals surface area contributed by atoms with Gasteiger partial charge in [0.15, 0.2) is 0 Å². The third-order valence-electron chi connectivity index (χ3n) is 5.74. The van der Waals surface area contributed by atoms with Gasteiger partial charge in [0.1, 0.15) is 18.4 Å². The maximum absolute atomic E-state index is 12.9. The molecule has 1 heterocycles. The van der Waals surface area contributed by atoms with Crippen molar-refractivity contribution < 1.29 is 19.1 Å². The van der Waals surface area contributed by atoms with Crippen LogP contribution in [-0.2, 0) is 9.59 Å². The molecule has 0 unspecified atom stereocenters. The lowest BCUT2D eigenvalue weighted by Crippen LogP contribution is -2.44. The van der Waals surface area contributed by atoms with E-state index in [9.17, 15) is 14.4 Å². The molecule has 2 aromatic rings. The van der Waals surface area contributed by atoms with E-state index in [0.717, 1.165) is 24.2 Å². The molecule has 0 spiro atoms. The number of likely N-dealkylation sites (N-methyl/N-ethyl adjacent to an activating group) is 1. The monoisotopic (exact) mass is 421 g/mol. The topological polar surface area (TPSA) is 79.0 Å². The summed E-state index contributed by atoms with van der Waals surface area (Å²) >= 11 is 0. The molecule has 0 bridgehead atoms. The van der Waals surface area contributed by atoms with Crippen molar-refractivity contribution in [1.29, 1.82) is 0 Å². The predicted molar refractivity (Wildman–Crippen MR) is 116 cm³/mol. The van der Waals surface area contributed by atoms with Crippen LogP contribution in [0.25, 0.3) is 0 Å². The fourth-order valence-electron chi connectivity index (χ4n) is 3.79. The van der Waals surface area contributed by atoms with E-state index in [1.165, 1.54) is 4.90 Å². The first-order chi connectivity index (χ1) is 15.0. The van der Waals surface area contributed by atoms with Gasteiger partial charge in [0.05, 0.1) is 13.1 Å². The van der Waals surface area contributed by atoms with E-state index < -0.39 is 6.04 Å². The van der Waals surface area contributed by atoms with Gasteiger partial charge >= 0.3 is 0 Å². The number of hydrogen-bond donors (Lipinski definition) is 1. The van der Waals surface area contributed by atoms with E-state index in [4.69, 9.17) is 4.74 Å². The smallest absolute Gasteiger partial charge is 0.255 e. The Labute approximate surface area is 182 Å². The molecule has 2 aliphatic rings. The van der Waals surface area contributed by atoms with Crippen molar-refractivity contribution in [2.75, 3.05) is 26.7 Å². The molecule has 0 radical (unpaired) electrons. The Balaban J connectivity index is 1.30. The summed E-state index contributed by atoms with van der Waals surface area (Å²) in [6, 6.07) is 14.4. The molecule has 162 valence electrons. The third-order valence-corrected chi connectivity index (χ3v) is 5.74. The first kappa shape index (κ1) is 20.9. The van der Waals surface area contributed by atoms with Crippen LogP contribution in [0.5, 0.6) is 5.75 Å². The standard InChI is InChI=1S/C24H27N3O4/c1-16-7-11-18(12-8-16)31-14-13-26(2)21(28)15-25-23(29)22-19-5-3-4-6-20(19)24(30)27(22)17-9-10-17/h3-8,11-12,17,22H,9-10,13-15H2,1-2H3,(H,25,29)/t22-/m1/s1. The van der Waals surface area contributed by atoms with E-state index in [0.29, 0.717) is 24.3 Å². The second kappa shape index (κ2) is 8.79. The molecular weight excluding hydrogens is 394 g/mol. The van der Waals surface area contributed by atoms with Crippen LogP contribution in [0.3, 0.4) is 0 Å². The van der Waals surface area contributed by atoms with Gasteiger partial charge in [-0.2, -0.15) is 0 Å². The van der Waals surface area contributed by atoms with Gasteiger partial charge in [-0.05, 0) is 43.5 Å². The molecule has 31 heavy (non-hydrogen) atoms. The van der Waals surface area contributed by atoms with Gasteiger partial charge in [-0.1, -0.05) is 35.9 Å². The minimum absolute atomic E-state index is 0.102. The van der Waals surface area contributed by atoms with Crippen molar-refractivity contribution in [1.82, 2.24) is 15.1 Å². The van der Waals surface area contributed by atoms with Gasteiger partial charge < -0.3 is 19.9 Å². The van der Waals surface area contributed by atoms with E-state index in [1.807, 2.05) is 43.3 Å². The van der Waals surface area contributed by atoms with Crippen LogP contribution in [0, 0.1) is 6.92 Å². The molecule has 7 nitrogen and oxygen atoms in total. The molecule has 2 aromatic carbocycles. The first-order valence-electron chi connectivity index (χ1n) is 10.6. The Morgan fingerprint density at radius 3 is 2.55 bits per heavy atom. The zero-order valence-electron chi connectivity index (χ0n) is 17.8. The zero-order chi connectivity index (χ0) is 22.0. The molecule has 0 aromatic heterocycles. The Hall–Kier alpha value is -3.35. The minimum Gasteiger partial charge on any atom is -0.492 e. The maximum atomic E-state index is 12.9. The molecule has 7 heteroatoms. The summed E-state index contributed by atoms with van der Waals surface area (Å²) in [7, 11) is 1.68. The second-order valence-electron chi connectivity index (χ2n) is 8.13. The third kappa shape index (κ3) is 4.55. The number of aryl methyl sites for hydroxylation is 1. The van der Waals surface area contributed by atoms with E-state index in [1.54, 1.807) is 24.1 Å². The summed E-state index contributed by atoms with van der Waals surface area (Å²) in [5.74, 6) is 0.124. The highest BCUT2D eigenvalue weighted by atomic mass is 16.5. The summed E-state index contributed by atoms with van der Waals surface area (Å²) in [6.45, 7) is 2.65. The lowest BCUT2D eigenvalue weighted by molar-refractivity contribution is -0.133. The average molecular weight is 421 g/mol. The van der Waals surface area contributed by atoms with Crippen LogP contribution in [0.15, 0.2) is 48.5 Å². The van der Waals surface area contributed by atoms with Crippen molar-refractivity contribution in [2.24, 2.45) is 0 Å². The Kier molecular flexibility index (Phi) is 5.93. The van der Waals surface area contributed by atoms with Crippen LogP contribution in [-0.4, -0.2) is 60.3 Å². The lowest BCUT2D eigenvalue weighted by Gasteiger charge is -2.25. The number of amides is 3. The fraction of sp³-hybridized carbons (Fsp3) is 0.375. The highest BCUT2D eigenvalue weighted by Crippen LogP contribution is 2.41. The molecule has 1 aliphatic carbocycles. The molecule has 1 fully saturated rings. The number of ether oxygens (including phenoxy) is 1. The van der Waals surface area contributed by atoms with Gasteiger partial charge in [0.25, 0.3) is 5.91 Å². The van der Waals surface area contributed by atoms with E-state index >= 15 is 0 Å². The molecule has 1 atom stereocenters. The summed E-state index contributed by atoms with van der Waals surface area (Å²) in [4.78, 5) is 41.4. The van der Waals surface area contributed by atoms with Crippen molar-refractivity contribution in [3.05, 3.63) is 65.2 Å². The van der Waals surface area contributed by atoms with Crippen LogP contribution in [0.1, 0.15) is 40.4 Å². The number of nitrogens with zero attached hydrogens (tertiary/aromatic N) is 2. The molecular formula is C24H27N3O4. The zero-order valence-corrected chi connectivity index (χ0v) is 17.8. The van der Waals surface area contributed by atoms with Crippen LogP contribution < -0.4 is 10.1 Å². The van der Waals surface area contributed by atoms with Crippen LogP contribution in [0.2, 0.25) is 0 Å². The number of hydrogen-bond acceptors (Lipinski definition) is 4. The SMILES string of the molecule is Cc1ccc(OCCN(C)C(=O)CNC(=O)[C@H]2c3ccccc3C(=O)N2C2CC2)cc1. The highest BCUT2D eigenvalue weighted by molar-refractivity contribution is 6.05. The molecule has 1 N–H and O–H groups in total. The molecule has 1 saturated carbocycles. The van der Waals surface area contributed by atoms with E-state index in [2.05, 4.69) is 5.32 Å². The Morgan fingerprint density at radius 1 is 1.13 bits per heavy atom. The summed E-state index contributed by atoms with van der Waals surface area (Å²) in [5, 5.41) is 2.73. The predicted octanol–water partition coefficient (Wildman–Crippen LogP) is 2.31. The second-order valence-corrected chi connectivity index (χ2v) is 8.13.